The Kier molecular flexibility index (Phi) is 4.99. The number of hydrogen-bond acceptors (Lipinski definition) is 5. The SMILES string of the molecule is Nc1ccc(COC(=O)c2cc(N)ccc2C=CC(=O)O)cc1. The Morgan fingerprint density at radius 1 is 1.04 bits per heavy atom. The summed E-state index contributed by atoms with van der Waals surface area (Å²) in [6, 6.07) is 11.5. The first kappa shape index (κ1) is 16.1. The van der Waals surface area contributed by atoms with Crippen LogP contribution in [0.3, 0.4) is 0 Å². The smallest absolute Gasteiger partial charge is 0.339 e. The van der Waals surface area contributed by atoms with E-state index in [0.717, 1.165) is 11.6 Å². The Labute approximate surface area is 133 Å². The van der Waals surface area contributed by atoms with Crippen LogP contribution in [0.4, 0.5) is 11.4 Å². The van der Waals surface area contributed by atoms with Crippen molar-refractivity contribution in [2.24, 2.45) is 0 Å². The van der Waals surface area contributed by atoms with Gasteiger partial charge < -0.3 is 21.3 Å². The van der Waals surface area contributed by atoms with E-state index in [4.69, 9.17) is 21.3 Å². The summed E-state index contributed by atoms with van der Waals surface area (Å²) in [7, 11) is 0. The summed E-state index contributed by atoms with van der Waals surface area (Å²) in [5.41, 5.74) is 13.7. The second-order valence-electron chi connectivity index (χ2n) is 4.84. The van der Waals surface area contributed by atoms with E-state index < -0.39 is 11.9 Å². The van der Waals surface area contributed by atoms with Crippen molar-refractivity contribution in [3.63, 3.8) is 0 Å². The molecule has 23 heavy (non-hydrogen) atoms. The molecule has 0 radical (unpaired) electrons. The average molecular weight is 312 g/mol. The number of esters is 1. The number of aliphatic carboxylic acids is 1. The molecule has 0 spiro atoms. The lowest BCUT2D eigenvalue weighted by molar-refractivity contribution is -0.131. The number of nitrogens with two attached hydrogens (primary N) is 2. The minimum Gasteiger partial charge on any atom is -0.478 e. The number of carbonyl (C=O) groups is 2. The molecule has 0 bridgehead atoms. The predicted molar refractivity (Wildman–Crippen MR) is 87.5 cm³/mol. The highest BCUT2D eigenvalue weighted by Crippen LogP contribution is 2.17. The van der Waals surface area contributed by atoms with E-state index in [0.29, 0.717) is 16.9 Å². The van der Waals surface area contributed by atoms with Crippen molar-refractivity contribution < 1.29 is 19.4 Å². The first-order valence-corrected chi connectivity index (χ1v) is 6.78. The molecule has 2 aromatic rings. The lowest BCUT2D eigenvalue weighted by Gasteiger charge is -2.08. The molecule has 5 N–H and O–H groups in total. The molecular weight excluding hydrogens is 296 g/mol. The number of carbonyl (C=O) groups excluding carboxylic acids is 1. The van der Waals surface area contributed by atoms with E-state index in [9.17, 15) is 9.59 Å². The molecule has 0 unspecified atom stereocenters. The molecule has 0 saturated carbocycles. The minimum atomic E-state index is -1.11. The molecule has 2 rings (SSSR count). The fraction of sp³-hybridized carbons (Fsp3) is 0.0588. The fourth-order valence-electron chi connectivity index (χ4n) is 1.90. The van der Waals surface area contributed by atoms with Crippen LogP contribution in [0.25, 0.3) is 6.08 Å². The van der Waals surface area contributed by atoms with Gasteiger partial charge in [0.2, 0.25) is 0 Å². The van der Waals surface area contributed by atoms with Crippen molar-refractivity contribution in [2.45, 2.75) is 6.61 Å². The molecule has 0 saturated heterocycles. The number of carboxylic acid groups (broad SMARTS) is 1. The summed E-state index contributed by atoms with van der Waals surface area (Å²) in [5, 5.41) is 8.70. The Morgan fingerprint density at radius 2 is 1.70 bits per heavy atom. The lowest BCUT2D eigenvalue weighted by Crippen LogP contribution is -2.08. The zero-order chi connectivity index (χ0) is 16.8. The van der Waals surface area contributed by atoms with Gasteiger partial charge in [-0.25, -0.2) is 9.59 Å². The monoisotopic (exact) mass is 312 g/mol. The van der Waals surface area contributed by atoms with Crippen molar-refractivity contribution in [2.75, 3.05) is 11.5 Å². The summed E-state index contributed by atoms with van der Waals surface area (Å²) in [6.07, 6.45) is 2.27. The molecule has 0 aromatic heterocycles. The van der Waals surface area contributed by atoms with Crippen LogP contribution in [-0.4, -0.2) is 17.0 Å². The zero-order valence-electron chi connectivity index (χ0n) is 12.2. The maximum atomic E-state index is 12.2. The maximum Gasteiger partial charge on any atom is 0.339 e. The number of rotatable bonds is 5. The Balaban J connectivity index is 2.16. The zero-order valence-corrected chi connectivity index (χ0v) is 12.2. The van der Waals surface area contributed by atoms with E-state index >= 15 is 0 Å². The number of ether oxygens (including phenoxy) is 1. The summed E-state index contributed by atoms with van der Waals surface area (Å²) in [5.74, 6) is -1.69. The number of anilines is 2. The highest BCUT2D eigenvalue weighted by molar-refractivity contribution is 5.96. The van der Waals surface area contributed by atoms with Gasteiger partial charge in [-0.2, -0.15) is 0 Å². The molecule has 0 atom stereocenters. The van der Waals surface area contributed by atoms with Crippen molar-refractivity contribution in [3.05, 3.63) is 65.2 Å². The van der Waals surface area contributed by atoms with Crippen LogP contribution in [-0.2, 0) is 16.1 Å². The van der Waals surface area contributed by atoms with E-state index in [-0.39, 0.29) is 12.2 Å². The quantitative estimate of drug-likeness (QED) is 0.443. The van der Waals surface area contributed by atoms with Crippen molar-refractivity contribution in [1.82, 2.24) is 0 Å². The van der Waals surface area contributed by atoms with Crippen LogP contribution in [0.1, 0.15) is 21.5 Å². The predicted octanol–water partition coefficient (Wildman–Crippen LogP) is 2.31. The van der Waals surface area contributed by atoms with Gasteiger partial charge in [0, 0.05) is 17.5 Å². The van der Waals surface area contributed by atoms with Gasteiger partial charge in [0.15, 0.2) is 0 Å². The van der Waals surface area contributed by atoms with Crippen molar-refractivity contribution in [3.8, 4) is 0 Å². The molecule has 2 aromatic carbocycles. The fourth-order valence-corrected chi connectivity index (χ4v) is 1.90. The molecule has 0 fully saturated rings. The van der Waals surface area contributed by atoms with Crippen LogP contribution in [0.15, 0.2) is 48.5 Å². The van der Waals surface area contributed by atoms with Crippen LogP contribution < -0.4 is 11.5 Å². The van der Waals surface area contributed by atoms with E-state index in [2.05, 4.69) is 0 Å². The van der Waals surface area contributed by atoms with Gasteiger partial charge in [-0.3, -0.25) is 0 Å². The molecular formula is C17H16N2O4. The second-order valence-corrected chi connectivity index (χ2v) is 4.84. The van der Waals surface area contributed by atoms with E-state index in [1.54, 1.807) is 36.4 Å². The van der Waals surface area contributed by atoms with Gasteiger partial charge in [-0.15, -0.1) is 0 Å². The van der Waals surface area contributed by atoms with Crippen LogP contribution >= 0.6 is 0 Å². The van der Waals surface area contributed by atoms with E-state index in [1.165, 1.54) is 12.1 Å². The number of hydrogen-bond donors (Lipinski definition) is 3. The number of benzene rings is 2. The lowest BCUT2D eigenvalue weighted by atomic mass is 10.1. The minimum absolute atomic E-state index is 0.0794. The Hall–Kier alpha value is -3.28. The first-order valence-electron chi connectivity index (χ1n) is 6.78. The van der Waals surface area contributed by atoms with Crippen LogP contribution in [0.5, 0.6) is 0 Å². The first-order chi connectivity index (χ1) is 11.0. The third kappa shape index (κ3) is 4.60. The Bertz CT molecular complexity index is 752. The molecule has 0 aliphatic rings. The average Bonchev–Trinajstić information content (AvgIpc) is 2.52. The number of carboxylic acids is 1. The highest BCUT2D eigenvalue weighted by atomic mass is 16.5. The molecule has 0 aliphatic heterocycles. The van der Waals surface area contributed by atoms with Gasteiger partial charge in [0.05, 0.1) is 5.56 Å². The van der Waals surface area contributed by atoms with Gasteiger partial charge >= 0.3 is 11.9 Å². The van der Waals surface area contributed by atoms with Crippen LogP contribution in [0.2, 0.25) is 0 Å². The van der Waals surface area contributed by atoms with Gasteiger partial charge in [-0.1, -0.05) is 18.2 Å². The van der Waals surface area contributed by atoms with E-state index in [1.807, 2.05) is 0 Å². The molecule has 0 aliphatic carbocycles. The third-order valence-electron chi connectivity index (χ3n) is 3.05. The summed E-state index contributed by atoms with van der Waals surface area (Å²) >= 11 is 0. The normalized spacial score (nSPS) is 10.6. The maximum absolute atomic E-state index is 12.2. The standard InChI is InChI=1S/C17H16N2O4/c18-13-5-1-11(2-6-13)10-23-17(22)15-9-14(19)7-3-12(15)4-8-16(20)21/h1-9H,10,18-19H2,(H,20,21). The molecule has 6 heteroatoms. The van der Waals surface area contributed by atoms with Gasteiger partial charge in [0.25, 0.3) is 0 Å². The topological polar surface area (TPSA) is 116 Å². The third-order valence-corrected chi connectivity index (χ3v) is 3.05. The summed E-state index contributed by atoms with van der Waals surface area (Å²) in [4.78, 5) is 22.8. The second kappa shape index (κ2) is 7.13. The van der Waals surface area contributed by atoms with Gasteiger partial charge in [-0.05, 0) is 41.5 Å². The largest absolute Gasteiger partial charge is 0.478 e. The Morgan fingerprint density at radius 3 is 2.35 bits per heavy atom. The molecule has 6 nitrogen and oxygen atoms in total. The van der Waals surface area contributed by atoms with Crippen molar-refractivity contribution >= 4 is 29.4 Å². The molecule has 0 heterocycles. The van der Waals surface area contributed by atoms with Crippen LogP contribution in [0, 0.1) is 0 Å². The van der Waals surface area contributed by atoms with Gasteiger partial charge in [0.1, 0.15) is 6.61 Å². The summed E-state index contributed by atoms with van der Waals surface area (Å²) in [6.45, 7) is 0.0794. The summed E-state index contributed by atoms with van der Waals surface area (Å²) < 4.78 is 5.24. The van der Waals surface area contributed by atoms with Crippen molar-refractivity contribution in [1.29, 1.82) is 0 Å². The molecule has 0 amide bonds. The highest BCUT2D eigenvalue weighted by Gasteiger charge is 2.12. The number of nitrogen functional groups attached to an aromatic ring is 2. The molecule has 118 valence electrons.